The van der Waals surface area contributed by atoms with Gasteiger partial charge in [0.15, 0.2) is 5.60 Å². The van der Waals surface area contributed by atoms with Crippen molar-refractivity contribution >= 4 is 23.5 Å². The summed E-state index contributed by atoms with van der Waals surface area (Å²) in [5, 5.41) is 9.70. The van der Waals surface area contributed by atoms with E-state index in [1.807, 2.05) is 6.92 Å². The van der Waals surface area contributed by atoms with E-state index in [0.29, 0.717) is 17.3 Å². The summed E-state index contributed by atoms with van der Waals surface area (Å²) < 4.78 is 5.76. The first-order valence-electron chi connectivity index (χ1n) is 7.17. The van der Waals surface area contributed by atoms with Crippen LogP contribution in [0.15, 0.2) is 24.3 Å². The van der Waals surface area contributed by atoms with Crippen molar-refractivity contribution in [2.75, 3.05) is 13.1 Å². The average molecular weight is 326 g/mol. The Morgan fingerprint density at radius 1 is 1.36 bits per heavy atom. The highest BCUT2D eigenvalue weighted by Crippen LogP contribution is 2.28. The number of aliphatic carboxylic acids is 1. The van der Waals surface area contributed by atoms with Gasteiger partial charge in [0.25, 0.3) is 5.91 Å². The van der Waals surface area contributed by atoms with Crippen LogP contribution in [-0.2, 0) is 9.59 Å². The van der Waals surface area contributed by atoms with Gasteiger partial charge < -0.3 is 14.7 Å². The number of likely N-dealkylation sites (tertiary alicyclic amines) is 1. The van der Waals surface area contributed by atoms with Crippen LogP contribution < -0.4 is 4.74 Å². The Hall–Kier alpha value is -1.75. The summed E-state index contributed by atoms with van der Waals surface area (Å²) in [6.07, 6.45) is 0. The minimum absolute atomic E-state index is 0.0663. The van der Waals surface area contributed by atoms with E-state index in [4.69, 9.17) is 21.4 Å². The van der Waals surface area contributed by atoms with Crippen LogP contribution in [0.5, 0.6) is 5.75 Å². The predicted molar refractivity (Wildman–Crippen MR) is 83.0 cm³/mol. The number of carbonyl (C=O) groups excluding carboxylic acids is 1. The summed E-state index contributed by atoms with van der Waals surface area (Å²) in [5.41, 5.74) is -1.09. The molecule has 1 aromatic rings. The minimum atomic E-state index is -1.09. The number of nitrogens with zero attached hydrogens (tertiary/aromatic N) is 1. The number of halogens is 1. The van der Waals surface area contributed by atoms with Crippen molar-refractivity contribution < 1.29 is 19.4 Å². The van der Waals surface area contributed by atoms with E-state index in [1.165, 1.54) is 0 Å². The first-order chi connectivity index (χ1) is 10.2. The molecule has 0 spiro atoms. The van der Waals surface area contributed by atoms with E-state index in [9.17, 15) is 9.59 Å². The van der Waals surface area contributed by atoms with Crippen LogP contribution >= 0.6 is 11.6 Å². The average Bonchev–Trinajstić information content (AvgIpc) is 2.79. The summed E-state index contributed by atoms with van der Waals surface area (Å²) in [7, 11) is 0. The molecular weight excluding hydrogens is 306 g/mol. The summed E-state index contributed by atoms with van der Waals surface area (Å²) >= 11 is 5.91. The van der Waals surface area contributed by atoms with Gasteiger partial charge >= 0.3 is 5.97 Å². The predicted octanol–water partition coefficient (Wildman–Crippen LogP) is 2.68. The van der Waals surface area contributed by atoms with Crippen molar-refractivity contribution in [3.8, 4) is 5.75 Å². The molecule has 1 aromatic carbocycles. The maximum Gasteiger partial charge on any atom is 0.308 e. The number of carboxylic acids is 1. The highest BCUT2D eigenvalue weighted by molar-refractivity contribution is 6.30. The lowest BCUT2D eigenvalue weighted by Crippen LogP contribution is -2.48. The van der Waals surface area contributed by atoms with Crippen LogP contribution in [-0.4, -0.2) is 40.6 Å². The van der Waals surface area contributed by atoms with E-state index in [2.05, 4.69) is 0 Å². The monoisotopic (exact) mass is 325 g/mol. The SMILES string of the molecule is C[C@@H]1CN(C(=O)C(C)(C)Oc2cccc(Cl)c2)C[C@H]1C(=O)O. The largest absolute Gasteiger partial charge is 0.481 e. The number of benzene rings is 1. The molecule has 1 aliphatic heterocycles. The smallest absolute Gasteiger partial charge is 0.308 e. The fraction of sp³-hybridized carbons (Fsp3) is 0.500. The van der Waals surface area contributed by atoms with E-state index >= 15 is 0 Å². The van der Waals surface area contributed by atoms with Crippen LogP contribution in [0.4, 0.5) is 0 Å². The molecule has 0 radical (unpaired) electrons. The van der Waals surface area contributed by atoms with Crippen molar-refractivity contribution in [1.29, 1.82) is 0 Å². The Labute approximate surface area is 134 Å². The molecule has 1 aliphatic rings. The minimum Gasteiger partial charge on any atom is -0.481 e. The van der Waals surface area contributed by atoms with Crippen molar-refractivity contribution in [1.82, 2.24) is 4.90 Å². The fourth-order valence-corrected chi connectivity index (χ4v) is 2.88. The first kappa shape index (κ1) is 16.6. The molecule has 1 saturated heterocycles. The van der Waals surface area contributed by atoms with Gasteiger partial charge in [0.1, 0.15) is 5.75 Å². The molecule has 1 amide bonds. The first-order valence-corrected chi connectivity index (χ1v) is 7.55. The van der Waals surface area contributed by atoms with Gasteiger partial charge in [-0.1, -0.05) is 24.6 Å². The molecule has 0 aromatic heterocycles. The van der Waals surface area contributed by atoms with Crippen LogP contribution in [0.2, 0.25) is 5.02 Å². The van der Waals surface area contributed by atoms with E-state index < -0.39 is 17.5 Å². The van der Waals surface area contributed by atoms with Crippen molar-refractivity contribution in [3.05, 3.63) is 29.3 Å². The maximum atomic E-state index is 12.6. The summed E-state index contributed by atoms with van der Waals surface area (Å²) in [6, 6.07) is 6.84. The van der Waals surface area contributed by atoms with Gasteiger partial charge in [-0.2, -0.15) is 0 Å². The Morgan fingerprint density at radius 2 is 2.05 bits per heavy atom. The normalized spacial score (nSPS) is 21.7. The third kappa shape index (κ3) is 3.53. The lowest BCUT2D eigenvalue weighted by atomic mass is 9.99. The second kappa shape index (κ2) is 6.16. The Morgan fingerprint density at radius 3 is 2.59 bits per heavy atom. The number of ether oxygens (including phenoxy) is 1. The summed E-state index contributed by atoms with van der Waals surface area (Å²) in [6.45, 7) is 5.84. The van der Waals surface area contributed by atoms with Gasteiger partial charge in [-0.25, -0.2) is 0 Å². The van der Waals surface area contributed by atoms with E-state index in [0.717, 1.165) is 0 Å². The molecule has 2 rings (SSSR count). The Balaban J connectivity index is 2.09. The number of hydrogen-bond acceptors (Lipinski definition) is 3. The topological polar surface area (TPSA) is 66.8 Å². The maximum absolute atomic E-state index is 12.6. The third-order valence-corrected chi connectivity index (χ3v) is 4.14. The van der Waals surface area contributed by atoms with Gasteiger partial charge in [-0.15, -0.1) is 0 Å². The zero-order chi connectivity index (χ0) is 16.5. The van der Waals surface area contributed by atoms with E-state index in [1.54, 1.807) is 43.0 Å². The van der Waals surface area contributed by atoms with Gasteiger partial charge in [-0.05, 0) is 38.0 Å². The van der Waals surface area contributed by atoms with Crippen molar-refractivity contribution in [2.24, 2.45) is 11.8 Å². The third-order valence-electron chi connectivity index (χ3n) is 3.90. The molecular formula is C16H20ClNO4. The number of carbonyl (C=O) groups is 2. The molecule has 1 N–H and O–H groups in total. The molecule has 1 heterocycles. The molecule has 0 unspecified atom stereocenters. The molecule has 6 heteroatoms. The van der Waals surface area contributed by atoms with Gasteiger partial charge in [0.05, 0.1) is 5.92 Å². The molecule has 0 bridgehead atoms. The fourth-order valence-electron chi connectivity index (χ4n) is 2.70. The molecule has 5 nitrogen and oxygen atoms in total. The van der Waals surface area contributed by atoms with E-state index in [-0.39, 0.29) is 18.4 Å². The molecule has 22 heavy (non-hydrogen) atoms. The second-order valence-corrected chi connectivity index (χ2v) is 6.64. The Kier molecular flexibility index (Phi) is 4.66. The van der Waals surface area contributed by atoms with Gasteiger partial charge in [0, 0.05) is 18.1 Å². The van der Waals surface area contributed by atoms with Crippen LogP contribution in [0.1, 0.15) is 20.8 Å². The number of rotatable bonds is 4. The van der Waals surface area contributed by atoms with Crippen molar-refractivity contribution in [3.63, 3.8) is 0 Å². The van der Waals surface area contributed by atoms with Crippen LogP contribution in [0.3, 0.4) is 0 Å². The molecule has 2 atom stereocenters. The lowest BCUT2D eigenvalue weighted by molar-refractivity contribution is -0.145. The summed E-state index contributed by atoms with van der Waals surface area (Å²) in [4.78, 5) is 25.4. The van der Waals surface area contributed by atoms with Crippen LogP contribution in [0, 0.1) is 11.8 Å². The zero-order valence-corrected chi connectivity index (χ0v) is 13.6. The van der Waals surface area contributed by atoms with Crippen molar-refractivity contribution in [2.45, 2.75) is 26.4 Å². The number of hydrogen-bond donors (Lipinski definition) is 1. The highest BCUT2D eigenvalue weighted by atomic mass is 35.5. The molecule has 0 saturated carbocycles. The number of amides is 1. The van der Waals surface area contributed by atoms with Gasteiger partial charge in [-0.3, -0.25) is 9.59 Å². The standard InChI is InChI=1S/C16H20ClNO4/c1-10-8-18(9-13(10)14(19)20)15(21)16(2,3)22-12-6-4-5-11(17)7-12/h4-7,10,13H,8-9H2,1-3H3,(H,19,20)/t10-,13-/m1/s1. The quantitative estimate of drug-likeness (QED) is 0.924. The Bertz CT molecular complexity index is 587. The lowest BCUT2D eigenvalue weighted by Gasteiger charge is -2.30. The summed E-state index contributed by atoms with van der Waals surface area (Å²) in [5.74, 6) is -1.17. The molecule has 120 valence electrons. The number of carboxylic acid groups (broad SMARTS) is 1. The zero-order valence-electron chi connectivity index (χ0n) is 12.9. The second-order valence-electron chi connectivity index (χ2n) is 6.20. The highest BCUT2D eigenvalue weighted by Gasteiger charge is 2.42. The molecule has 0 aliphatic carbocycles. The molecule has 1 fully saturated rings. The van der Waals surface area contributed by atoms with Crippen LogP contribution in [0.25, 0.3) is 0 Å². The van der Waals surface area contributed by atoms with Gasteiger partial charge in [0.2, 0.25) is 0 Å².